The zero-order valence-electron chi connectivity index (χ0n) is 16.1. The number of ether oxygens (including phenoxy) is 3. The first-order chi connectivity index (χ1) is 14.5. The molecule has 0 radical (unpaired) electrons. The highest BCUT2D eigenvalue weighted by atomic mass is 32.2. The van der Waals surface area contributed by atoms with E-state index in [4.69, 9.17) is 18.6 Å². The maximum absolute atomic E-state index is 12.6. The lowest BCUT2D eigenvalue weighted by molar-refractivity contribution is -0.385. The number of nitro benzene ring substituents is 1. The minimum Gasteiger partial charge on any atom is -0.467 e. The Morgan fingerprint density at radius 1 is 1.40 bits per heavy atom. The van der Waals surface area contributed by atoms with E-state index in [1.807, 2.05) is 6.26 Å². The van der Waals surface area contributed by atoms with Crippen molar-refractivity contribution < 1.29 is 33.1 Å². The molecule has 1 N–H and O–H groups in total. The Balaban J connectivity index is 1.72. The number of carbonyl (C=O) groups excluding carboxylic acids is 2. The molecular weight excluding hydrogens is 416 g/mol. The van der Waals surface area contributed by atoms with Crippen LogP contribution in [0.2, 0.25) is 0 Å². The molecule has 10 nitrogen and oxygen atoms in total. The largest absolute Gasteiger partial charge is 0.467 e. The number of nitrogens with one attached hydrogen (secondary N) is 1. The van der Waals surface area contributed by atoms with Crippen LogP contribution >= 0.6 is 11.8 Å². The Morgan fingerprint density at radius 3 is 2.93 bits per heavy atom. The maximum Gasteiger partial charge on any atom is 0.329 e. The van der Waals surface area contributed by atoms with Crippen LogP contribution < -0.4 is 10.1 Å². The van der Waals surface area contributed by atoms with Gasteiger partial charge in [-0.25, -0.2) is 4.79 Å². The van der Waals surface area contributed by atoms with Crippen molar-refractivity contribution in [2.75, 3.05) is 18.8 Å². The molecule has 2 heterocycles. The third kappa shape index (κ3) is 5.30. The highest BCUT2D eigenvalue weighted by molar-refractivity contribution is 7.98. The van der Waals surface area contributed by atoms with E-state index in [9.17, 15) is 19.7 Å². The summed E-state index contributed by atoms with van der Waals surface area (Å²) in [4.78, 5) is 35.5. The number of hydrogen-bond acceptors (Lipinski definition) is 9. The van der Waals surface area contributed by atoms with Gasteiger partial charge in [0.15, 0.2) is 12.6 Å². The van der Waals surface area contributed by atoms with Crippen LogP contribution in [0.4, 0.5) is 5.69 Å². The van der Waals surface area contributed by atoms with Crippen molar-refractivity contribution in [1.29, 1.82) is 0 Å². The van der Waals surface area contributed by atoms with E-state index in [2.05, 4.69) is 5.32 Å². The highest BCUT2D eigenvalue weighted by Crippen LogP contribution is 2.33. The zero-order valence-corrected chi connectivity index (χ0v) is 16.9. The van der Waals surface area contributed by atoms with E-state index in [0.29, 0.717) is 29.1 Å². The van der Waals surface area contributed by atoms with Gasteiger partial charge in [-0.3, -0.25) is 14.9 Å². The minimum atomic E-state index is -0.895. The molecule has 1 aromatic heterocycles. The lowest BCUT2D eigenvalue weighted by Crippen LogP contribution is -2.42. The number of amides is 1. The number of thioether (sulfide) groups is 1. The van der Waals surface area contributed by atoms with Crippen LogP contribution in [0.1, 0.15) is 28.1 Å². The molecular formula is C19H20N2O8S. The third-order valence-corrected chi connectivity index (χ3v) is 4.94. The van der Waals surface area contributed by atoms with Crippen molar-refractivity contribution in [3.8, 4) is 5.75 Å². The lowest BCUT2D eigenvalue weighted by atomic mass is 10.1. The number of benzene rings is 1. The van der Waals surface area contributed by atoms with Crippen molar-refractivity contribution in [1.82, 2.24) is 5.32 Å². The second kappa shape index (κ2) is 10.1. The molecule has 30 heavy (non-hydrogen) atoms. The highest BCUT2D eigenvalue weighted by Gasteiger charge is 2.26. The van der Waals surface area contributed by atoms with E-state index >= 15 is 0 Å². The summed E-state index contributed by atoms with van der Waals surface area (Å²) in [6.45, 7) is -0.0793. The lowest BCUT2D eigenvalue weighted by Gasteiger charge is -2.21. The number of non-ortho nitro benzene ring substituents is 1. The third-order valence-electron chi connectivity index (χ3n) is 4.30. The summed E-state index contributed by atoms with van der Waals surface area (Å²) in [5.74, 6) is -0.0872. The molecule has 3 rings (SSSR count). The van der Waals surface area contributed by atoms with Gasteiger partial charge in [0.05, 0.1) is 17.8 Å². The van der Waals surface area contributed by atoms with Crippen LogP contribution in [0.5, 0.6) is 5.75 Å². The summed E-state index contributed by atoms with van der Waals surface area (Å²) in [5.41, 5.74) is 0.710. The summed E-state index contributed by atoms with van der Waals surface area (Å²) in [6.07, 6.45) is 3.59. The number of furan rings is 1. The van der Waals surface area contributed by atoms with Crippen molar-refractivity contribution in [2.45, 2.75) is 25.7 Å². The molecule has 0 fully saturated rings. The average Bonchev–Trinajstić information content (AvgIpc) is 3.29. The fourth-order valence-electron chi connectivity index (χ4n) is 2.86. The topological polar surface area (TPSA) is 130 Å². The van der Waals surface area contributed by atoms with E-state index in [1.165, 1.54) is 36.2 Å². The number of esters is 1. The number of nitro groups is 1. The Bertz CT molecular complexity index is 916. The van der Waals surface area contributed by atoms with Crippen LogP contribution in [0.3, 0.4) is 0 Å². The first kappa shape index (κ1) is 21.7. The van der Waals surface area contributed by atoms with Gasteiger partial charge in [0.2, 0.25) is 0 Å². The van der Waals surface area contributed by atoms with Crippen LogP contribution in [0.25, 0.3) is 0 Å². The first-order valence-electron chi connectivity index (χ1n) is 9.00. The number of nitrogens with zero attached hydrogens (tertiary/aromatic N) is 1. The van der Waals surface area contributed by atoms with Crippen LogP contribution in [0.15, 0.2) is 34.9 Å². The molecule has 0 unspecified atom stereocenters. The van der Waals surface area contributed by atoms with Gasteiger partial charge in [0, 0.05) is 23.3 Å². The van der Waals surface area contributed by atoms with Gasteiger partial charge < -0.3 is 23.9 Å². The molecule has 1 aromatic carbocycles. The van der Waals surface area contributed by atoms with E-state index in [0.717, 1.165) is 0 Å². The number of hydrogen-bond donors (Lipinski definition) is 1. The molecule has 0 saturated carbocycles. The zero-order chi connectivity index (χ0) is 21.5. The summed E-state index contributed by atoms with van der Waals surface area (Å²) in [5, 5.41) is 13.8. The number of fused-ring (bicyclic) bond motifs is 1. The molecule has 160 valence electrons. The van der Waals surface area contributed by atoms with Gasteiger partial charge in [-0.1, -0.05) is 0 Å². The summed E-state index contributed by atoms with van der Waals surface area (Å²) in [6, 6.07) is 4.83. The van der Waals surface area contributed by atoms with Gasteiger partial charge in [0.1, 0.15) is 18.4 Å². The molecule has 0 aliphatic carbocycles. The molecule has 0 bridgehead atoms. The summed E-state index contributed by atoms with van der Waals surface area (Å²) < 4.78 is 21.0. The monoisotopic (exact) mass is 436 g/mol. The van der Waals surface area contributed by atoms with Gasteiger partial charge in [-0.15, -0.1) is 0 Å². The van der Waals surface area contributed by atoms with Gasteiger partial charge in [0.25, 0.3) is 11.6 Å². The Hall–Kier alpha value is -3.05. The van der Waals surface area contributed by atoms with Crippen molar-refractivity contribution >= 4 is 29.3 Å². The van der Waals surface area contributed by atoms with Gasteiger partial charge >= 0.3 is 5.97 Å². The Labute approximate surface area is 176 Å². The normalized spacial score (nSPS) is 13.6. The second-order valence-corrected chi connectivity index (χ2v) is 7.34. The van der Waals surface area contributed by atoms with Crippen molar-refractivity contribution in [2.24, 2.45) is 0 Å². The maximum atomic E-state index is 12.6. The average molecular weight is 436 g/mol. The predicted octanol–water partition coefficient (Wildman–Crippen LogP) is 2.65. The number of carbonyl (C=O) groups is 2. The van der Waals surface area contributed by atoms with Crippen LogP contribution in [-0.4, -0.2) is 41.6 Å². The van der Waals surface area contributed by atoms with Crippen LogP contribution in [-0.2, 0) is 27.5 Å². The quantitative estimate of drug-likeness (QED) is 0.358. The smallest absolute Gasteiger partial charge is 0.329 e. The molecule has 11 heteroatoms. The summed E-state index contributed by atoms with van der Waals surface area (Å²) >= 11 is 1.52. The molecule has 1 aliphatic rings. The standard InChI is InChI=1S/C19H20N2O8S/c1-30-6-4-15(20-18(22)16-3-2-5-27-16)19(23)28-10-13-8-14(21(24)25)7-12-9-26-11-29-17(12)13/h2-3,5,7-8,15H,4,6,9-11H2,1H3,(H,20,22)/t15-/m1/s1. The molecule has 2 aromatic rings. The van der Waals surface area contributed by atoms with Gasteiger partial charge in [-0.2, -0.15) is 11.8 Å². The summed E-state index contributed by atoms with van der Waals surface area (Å²) in [7, 11) is 0. The van der Waals surface area contributed by atoms with Crippen molar-refractivity contribution in [3.63, 3.8) is 0 Å². The number of rotatable bonds is 9. The van der Waals surface area contributed by atoms with E-state index < -0.39 is 22.8 Å². The van der Waals surface area contributed by atoms with E-state index in [-0.39, 0.29) is 31.5 Å². The fraction of sp³-hybridized carbons (Fsp3) is 0.368. The SMILES string of the molecule is CSCC[C@@H](NC(=O)c1ccco1)C(=O)OCc1cc([N+](=O)[O-])cc2c1OCOC2. The second-order valence-electron chi connectivity index (χ2n) is 6.35. The predicted molar refractivity (Wildman–Crippen MR) is 106 cm³/mol. The minimum absolute atomic E-state index is 0.00130. The Kier molecular flexibility index (Phi) is 7.31. The molecule has 1 atom stereocenters. The molecule has 1 amide bonds. The van der Waals surface area contributed by atoms with Crippen LogP contribution in [0, 0.1) is 10.1 Å². The fourth-order valence-corrected chi connectivity index (χ4v) is 3.34. The van der Waals surface area contributed by atoms with E-state index in [1.54, 1.807) is 6.07 Å². The molecule has 1 aliphatic heterocycles. The molecule has 0 spiro atoms. The first-order valence-corrected chi connectivity index (χ1v) is 10.4. The molecule has 0 saturated heterocycles. The van der Waals surface area contributed by atoms with Crippen molar-refractivity contribution in [3.05, 3.63) is 57.5 Å². The van der Waals surface area contributed by atoms with Gasteiger partial charge in [-0.05, 0) is 30.6 Å². The Morgan fingerprint density at radius 2 is 2.23 bits per heavy atom.